The Morgan fingerprint density at radius 1 is 1.48 bits per heavy atom. The summed E-state index contributed by atoms with van der Waals surface area (Å²) in [5.74, 6) is 7.00. The monoisotopic (exact) mass is 300 g/mol. The molecule has 2 N–H and O–H groups in total. The van der Waals surface area contributed by atoms with Crippen molar-refractivity contribution in [3.05, 3.63) is 22.8 Å². The molecular weight excluding hydrogens is 284 g/mol. The topological polar surface area (TPSA) is 62.5 Å². The molecule has 3 heterocycles. The molecule has 0 amide bonds. The maximum Gasteiger partial charge on any atom is 0.181 e. The highest BCUT2D eigenvalue weighted by Crippen LogP contribution is 2.28. The molecule has 0 saturated carbocycles. The van der Waals surface area contributed by atoms with Crippen molar-refractivity contribution in [2.24, 2.45) is 0 Å². The highest BCUT2D eigenvalue weighted by atomic mass is 32.1. The van der Waals surface area contributed by atoms with E-state index < -0.39 is 0 Å². The minimum absolute atomic E-state index is 0.184. The lowest BCUT2D eigenvalue weighted by Gasteiger charge is -2.04. The first-order chi connectivity index (χ1) is 10.2. The van der Waals surface area contributed by atoms with E-state index in [-0.39, 0.29) is 6.61 Å². The number of rotatable bonds is 3. The van der Waals surface area contributed by atoms with Crippen LogP contribution in [-0.2, 0) is 0 Å². The van der Waals surface area contributed by atoms with Gasteiger partial charge in [-0.2, -0.15) is 0 Å². The summed E-state index contributed by atoms with van der Waals surface area (Å²) in [4.78, 5) is 11.1. The Hall–Kier alpha value is -2.10. The Labute approximate surface area is 126 Å². The van der Waals surface area contributed by atoms with Crippen LogP contribution in [0.5, 0.6) is 0 Å². The van der Waals surface area contributed by atoms with Gasteiger partial charge >= 0.3 is 0 Å². The molecule has 6 heteroatoms. The molecule has 0 aliphatic carbocycles. The quantitative estimate of drug-likeness (QED) is 0.576. The number of hydrogen-bond acceptors (Lipinski definition) is 5. The van der Waals surface area contributed by atoms with E-state index in [1.54, 1.807) is 11.3 Å². The van der Waals surface area contributed by atoms with E-state index in [9.17, 15) is 0 Å². The van der Waals surface area contributed by atoms with Gasteiger partial charge in [0.05, 0.1) is 4.88 Å². The summed E-state index contributed by atoms with van der Waals surface area (Å²) >= 11 is 1.62. The zero-order chi connectivity index (χ0) is 14.8. The van der Waals surface area contributed by atoms with Crippen molar-refractivity contribution in [3.8, 4) is 11.8 Å². The minimum Gasteiger partial charge on any atom is -0.396 e. The van der Waals surface area contributed by atoms with Crippen LogP contribution in [-0.4, -0.2) is 33.1 Å². The lowest BCUT2D eigenvalue weighted by Crippen LogP contribution is -1.98. The van der Waals surface area contributed by atoms with Crippen LogP contribution in [0.3, 0.4) is 0 Å². The number of aromatic nitrogens is 3. The molecule has 0 aliphatic heterocycles. The van der Waals surface area contributed by atoms with Gasteiger partial charge in [0.1, 0.15) is 10.3 Å². The Bertz CT molecular complexity index is 853. The number of thiophene rings is 1. The average Bonchev–Trinajstić information content (AvgIpc) is 3.06. The van der Waals surface area contributed by atoms with Gasteiger partial charge in [0.2, 0.25) is 0 Å². The summed E-state index contributed by atoms with van der Waals surface area (Å²) in [6.45, 7) is 2.22. The van der Waals surface area contributed by atoms with E-state index in [0.29, 0.717) is 12.8 Å². The highest BCUT2D eigenvalue weighted by molar-refractivity contribution is 7.19. The third-order valence-corrected chi connectivity index (χ3v) is 4.21. The zero-order valence-corrected chi connectivity index (χ0v) is 12.8. The SMILES string of the molecule is CNc1nc2cc(C#CCCCO)sc2n2c(C)cnc12. The summed E-state index contributed by atoms with van der Waals surface area (Å²) < 4.78 is 2.11. The van der Waals surface area contributed by atoms with Crippen molar-refractivity contribution >= 4 is 33.1 Å². The van der Waals surface area contributed by atoms with E-state index in [4.69, 9.17) is 5.11 Å². The zero-order valence-electron chi connectivity index (χ0n) is 12.0. The molecule has 3 aromatic rings. The van der Waals surface area contributed by atoms with Crippen LogP contribution in [0.15, 0.2) is 12.3 Å². The molecule has 0 radical (unpaired) electrons. The normalized spacial score (nSPS) is 10.8. The van der Waals surface area contributed by atoms with Gasteiger partial charge < -0.3 is 10.4 Å². The third kappa shape index (κ3) is 2.46. The molecule has 21 heavy (non-hydrogen) atoms. The third-order valence-electron chi connectivity index (χ3n) is 3.19. The van der Waals surface area contributed by atoms with Crippen molar-refractivity contribution in [3.63, 3.8) is 0 Å². The number of unbranched alkanes of at least 4 members (excludes halogenated alkanes) is 1. The molecular formula is C15H16N4OS. The van der Waals surface area contributed by atoms with Crippen molar-refractivity contribution in [2.45, 2.75) is 19.8 Å². The predicted octanol–water partition coefficient (Wildman–Crippen LogP) is 2.42. The lowest BCUT2D eigenvalue weighted by atomic mass is 10.3. The first kappa shape index (κ1) is 13.9. The second-order valence-corrected chi connectivity index (χ2v) is 5.73. The molecule has 0 bridgehead atoms. The van der Waals surface area contributed by atoms with Gasteiger partial charge in [-0.3, -0.25) is 4.40 Å². The smallest absolute Gasteiger partial charge is 0.181 e. The largest absolute Gasteiger partial charge is 0.396 e. The first-order valence-corrected chi connectivity index (χ1v) is 7.61. The predicted molar refractivity (Wildman–Crippen MR) is 85.9 cm³/mol. The molecule has 3 rings (SSSR count). The number of hydrogen-bond donors (Lipinski definition) is 2. The van der Waals surface area contributed by atoms with Gasteiger partial charge in [-0.25, -0.2) is 9.97 Å². The Kier molecular flexibility index (Phi) is 3.78. The van der Waals surface area contributed by atoms with Crippen molar-refractivity contribution in [1.29, 1.82) is 0 Å². The van der Waals surface area contributed by atoms with Crippen LogP contribution >= 0.6 is 11.3 Å². The van der Waals surface area contributed by atoms with Gasteiger partial charge in [-0.15, -0.1) is 11.3 Å². The van der Waals surface area contributed by atoms with E-state index in [1.807, 2.05) is 26.2 Å². The van der Waals surface area contributed by atoms with Crippen LogP contribution in [0.25, 0.3) is 16.0 Å². The van der Waals surface area contributed by atoms with Crippen LogP contribution in [0.1, 0.15) is 23.4 Å². The summed E-state index contributed by atoms with van der Waals surface area (Å²) in [5.41, 5.74) is 2.84. The fourth-order valence-electron chi connectivity index (χ4n) is 2.19. The van der Waals surface area contributed by atoms with Crippen molar-refractivity contribution < 1.29 is 5.11 Å². The number of aliphatic hydroxyl groups is 1. The average molecular weight is 300 g/mol. The Morgan fingerprint density at radius 2 is 2.33 bits per heavy atom. The van der Waals surface area contributed by atoms with Crippen LogP contribution in [0.4, 0.5) is 5.82 Å². The first-order valence-electron chi connectivity index (χ1n) is 6.79. The fraction of sp³-hybridized carbons (Fsp3) is 0.333. The summed E-state index contributed by atoms with van der Waals surface area (Å²) in [7, 11) is 1.85. The summed E-state index contributed by atoms with van der Waals surface area (Å²) in [6, 6.07) is 2.01. The number of aryl methyl sites for hydroxylation is 1. The lowest BCUT2D eigenvalue weighted by molar-refractivity contribution is 0.290. The Morgan fingerprint density at radius 3 is 3.10 bits per heavy atom. The van der Waals surface area contributed by atoms with Crippen molar-refractivity contribution in [2.75, 3.05) is 19.0 Å². The van der Waals surface area contributed by atoms with Gasteiger partial charge in [0.15, 0.2) is 11.5 Å². The van der Waals surface area contributed by atoms with E-state index >= 15 is 0 Å². The fourth-order valence-corrected chi connectivity index (χ4v) is 3.22. The van der Waals surface area contributed by atoms with E-state index in [0.717, 1.165) is 32.4 Å². The number of nitrogens with one attached hydrogen (secondary N) is 1. The molecule has 0 unspecified atom stereocenters. The molecule has 0 fully saturated rings. The standard InChI is InChI=1S/C15H16N4OS/c1-10-9-17-14-13(16-2)18-12-8-11(6-4-3-5-7-20)21-15(12)19(10)14/h8-9,20H,3,5,7H2,1-2H3,(H,16,18). The van der Waals surface area contributed by atoms with Crippen LogP contribution in [0, 0.1) is 18.8 Å². The second-order valence-electron chi connectivity index (χ2n) is 4.70. The van der Waals surface area contributed by atoms with Gasteiger partial charge in [-0.05, 0) is 19.4 Å². The molecule has 5 nitrogen and oxygen atoms in total. The molecule has 0 saturated heterocycles. The number of anilines is 1. The second kappa shape index (κ2) is 5.72. The summed E-state index contributed by atoms with van der Waals surface area (Å²) in [6.07, 6.45) is 3.27. The number of imidazole rings is 1. The number of fused-ring (bicyclic) bond motifs is 3. The van der Waals surface area contributed by atoms with Gasteiger partial charge in [0, 0.05) is 32.0 Å². The molecule has 3 aromatic heterocycles. The maximum absolute atomic E-state index is 8.77. The molecule has 0 spiro atoms. The van der Waals surface area contributed by atoms with E-state index in [1.165, 1.54) is 0 Å². The highest BCUT2D eigenvalue weighted by Gasteiger charge is 2.13. The Balaban J connectivity index is 2.13. The molecule has 0 atom stereocenters. The molecule has 0 aromatic carbocycles. The maximum atomic E-state index is 8.77. The van der Waals surface area contributed by atoms with Crippen LogP contribution < -0.4 is 5.32 Å². The van der Waals surface area contributed by atoms with Crippen LogP contribution in [0.2, 0.25) is 0 Å². The molecule has 0 aliphatic rings. The van der Waals surface area contributed by atoms with Gasteiger partial charge in [0.25, 0.3) is 0 Å². The summed E-state index contributed by atoms with van der Waals surface area (Å²) in [5, 5.41) is 11.9. The number of nitrogens with zero attached hydrogens (tertiary/aromatic N) is 3. The van der Waals surface area contributed by atoms with Gasteiger partial charge in [-0.1, -0.05) is 11.8 Å². The number of aliphatic hydroxyl groups excluding tert-OH is 1. The van der Waals surface area contributed by atoms with E-state index in [2.05, 4.69) is 31.5 Å². The molecule has 108 valence electrons. The van der Waals surface area contributed by atoms with Crippen molar-refractivity contribution in [1.82, 2.24) is 14.4 Å². The minimum atomic E-state index is 0.184.